The largest absolute Gasteiger partial charge is 0.343 e. The van der Waals surface area contributed by atoms with Crippen LogP contribution >= 0.6 is 11.6 Å². The van der Waals surface area contributed by atoms with Gasteiger partial charge in [-0.1, -0.05) is 17.7 Å². The lowest BCUT2D eigenvalue weighted by Gasteiger charge is -2.31. The summed E-state index contributed by atoms with van der Waals surface area (Å²) in [5.41, 5.74) is 0.237. The van der Waals surface area contributed by atoms with Gasteiger partial charge in [0, 0.05) is 30.7 Å². The number of benzene rings is 1. The second kappa shape index (κ2) is 4.39. The highest BCUT2D eigenvalue weighted by Gasteiger charge is 2.30. The van der Waals surface area contributed by atoms with Gasteiger partial charge < -0.3 is 10.2 Å². The number of piperazine rings is 1. The molecule has 0 radical (unpaired) electrons. The predicted molar refractivity (Wildman–Crippen MR) is 59.8 cm³/mol. The molecule has 3 nitrogen and oxygen atoms in total. The fourth-order valence-corrected chi connectivity index (χ4v) is 2.08. The second-order valence-corrected chi connectivity index (χ2v) is 4.19. The molecule has 1 atom stereocenters. The van der Waals surface area contributed by atoms with Crippen molar-refractivity contribution in [2.45, 2.75) is 6.04 Å². The van der Waals surface area contributed by atoms with E-state index < -0.39 is 11.9 Å². The SMILES string of the molecule is CN1CCNC(c2c(F)cccc2Cl)C1=O. The lowest BCUT2D eigenvalue weighted by Crippen LogP contribution is -2.48. The average molecular weight is 243 g/mol. The molecule has 0 aromatic heterocycles. The number of rotatable bonds is 1. The zero-order chi connectivity index (χ0) is 11.7. The van der Waals surface area contributed by atoms with Crippen LogP contribution in [0.2, 0.25) is 5.02 Å². The van der Waals surface area contributed by atoms with Gasteiger partial charge in [0.1, 0.15) is 11.9 Å². The first kappa shape index (κ1) is 11.4. The van der Waals surface area contributed by atoms with Crippen LogP contribution in [0.5, 0.6) is 0 Å². The summed E-state index contributed by atoms with van der Waals surface area (Å²) in [7, 11) is 1.70. The molecule has 2 rings (SSSR count). The van der Waals surface area contributed by atoms with Gasteiger partial charge in [-0.05, 0) is 12.1 Å². The molecule has 0 saturated carbocycles. The lowest BCUT2D eigenvalue weighted by atomic mass is 10.0. The van der Waals surface area contributed by atoms with Crippen molar-refractivity contribution in [3.05, 3.63) is 34.6 Å². The first-order valence-electron chi connectivity index (χ1n) is 5.03. The number of likely N-dealkylation sites (N-methyl/N-ethyl adjacent to an activating group) is 1. The third kappa shape index (κ3) is 1.90. The first-order chi connectivity index (χ1) is 7.61. The van der Waals surface area contributed by atoms with Gasteiger partial charge in [0.25, 0.3) is 0 Å². The van der Waals surface area contributed by atoms with E-state index >= 15 is 0 Å². The minimum absolute atomic E-state index is 0.154. The second-order valence-electron chi connectivity index (χ2n) is 3.78. The molecule has 0 bridgehead atoms. The van der Waals surface area contributed by atoms with E-state index in [0.717, 1.165) is 0 Å². The maximum Gasteiger partial charge on any atom is 0.244 e. The molecular weight excluding hydrogens is 231 g/mol. The molecule has 1 aromatic carbocycles. The predicted octanol–water partition coefficient (Wildman–Crippen LogP) is 1.58. The van der Waals surface area contributed by atoms with Crippen LogP contribution in [0.25, 0.3) is 0 Å². The number of carbonyl (C=O) groups is 1. The van der Waals surface area contributed by atoms with Crippen LogP contribution in [-0.4, -0.2) is 30.9 Å². The highest BCUT2D eigenvalue weighted by molar-refractivity contribution is 6.31. The van der Waals surface area contributed by atoms with Crippen molar-refractivity contribution in [3.63, 3.8) is 0 Å². The molecule has 1 N–H and O–H groups in total. The molecule has 0 spiro atoms. The molecule has 1 heterocycles. The fraction of sp³-hybridized carbons (Fsp3) is 0.364. The fourth-order valence-electron chi connectivity index (χ4n) is 1.81. The Labute approximate surface area is 98.2 Å². The van der Waals surface area contributed by atoms with Crippen molar-refractivity contribution < 1.29 is 9.18 Å². The van der Waals surface area contributed by atoms with Crippen LogP contribution in [0, 0.1) is 5.82 Å². The third-order valence-electron chi connectivity index (χ3n) is 2.71. The highest BCUT2D eigenvalue weighted by atomic mass is 35.5. The van der Waals surface area contributed by atoms with E-state index in [4.69, 9.17) is 11.6 Å². The summed E-state index contributed by atoms with van der Waals surface area (Å²) in [4.78, 5) is 13.4. The zero-order valence-electron chi connectivity index (χ0n) is 8.84. The quantitative estimate of drug-likeness (QED) is 0.811. The summed E-state index contributed by atoms with van der Waals surface area (Å²) in [6.07, 6.45) is 0. The van der Waals surface area contributed by atoms with Crippen LogP contribution in [0.3, 0.4) is 0 Å². The molecule has 1 unspecified atom stereocenters. The molecule has 1 amide bonds. The summed E-state index contributed by atoms with van der Waals surface area (Å²) in [6, 6.07) is 3.75. The first-order valence-corrected chi connectivity index (χ1v) is 5.41. The Balaban J connectivity index is 2.40. The Hall–Kier alpha value is -1.13. The molecule has 1 fully saturated rings. The lowest BCUT2D eigenvalue weighted by molar-refractivity contribution is -0.134. The summed E-state index contributed by atoms with van der Waals surface area (Å²) in [5.74, 6) is -0.605. The number of nitrogens with zero attached hydrogens (tertiary/aromatic N) is 1. The number of halogens is 2. The van der Waals surface area contributed by atoms with Crippen molar-refractivity contribution >= 4 is 17.5 Å². The number of hydrogen-bond acceptors (Lipinski definition) is 2. The highest BCUT2D eigenvalue weighted by Crippen LogP contribution is 2.28. The van der Waals surface area contributed by atoms with E-state index in [2.05, 4.69) is 5.32 Å². The van der Waals surface area contributed by atoms with Gasteiger partial charge in [0.15, 0.2) is 0 Å². The summed E-state index contributed by atoms with van der Waals surface area (Å²) in [5, 5.41) is 3.26. The Morgan fingerprint density at radius 2 is 2.31 bits per heavy atom. The van der Waals surface area contributed by atoms with E-state index in [-0.39, 0.29) is 16.5 Å². The standard InChI is InChI=1S/C11H12ClFN2O/c1-15-6-5-14-10(11(15)16)9-7(12)3-2-4-8(9)13/h2-4,10,14H,5-6H2,1H3. The molecule has 1 saturated heterocycles. The van der Waals surface area contributed by atoms with Gasteiger partial charge in [-0.25, -0.2) is 4.39 Å². The van der Waals surface area contributed by atoms with Crippen molar-refractivity contribution in [1.82, 2.24) is 10.2 Å². The van der Waals surface area contributed by atoms with E-state index in [0.29, 0.717) is 13.1 Å². The third-order valence-corrected chi connectivity index (χ3v) is 3.04. The normalized spacial score (nSPS) is 21.3. The number of hydrogen-bond donors (Lipinski definition) is 1. The van der Waals surface area contributed by atoms with Crippen molar-refractivity contribution in [2.24, 2.45) is 0 Å². The molecule has 5 heteroatoms. The summed E-state index contributed by atoms with van der Waals surface area (Å²) in [6.45, 7) is 1.26. The molecule has 1 aromatic rings. The zero-order valence-corrected chi connectivity index (χ0v) is 9.59. The maximum atomic E-state index is 13.6. The van der Waals surface area contributed by atoms with Gasteiger partial charge >= 0.3 is 0 Å². The number of carbonyl (C=O) groups excluding carboxylic acids is 1. The number of nitrogens with one attached hydrogen (secondary N) is 1. The Morgan fingerprint density at radius 3 is 3.00 bits per heavy atom. The maximum absolute atomic E-state index is 13.6. The smallest absolute Gasteiger partial charge is 0.244 e. The van der Waals surface area contributed by atoms with E-state index in [1.54, 1.807) is 18.0 Å². The van der Waals surface area contributed by atoms with Crippen LogP contribution in [0.1, 0.15) is 11.6 Å². The van der Waals surface area contributed by atoms with Gasteiger partial charge in [0.2, 0.25) is 5.91 Å². The van der Waals surface area contributed by atoms with Gasteiger partial charge in [-0.2, -0.15) is 0 Å². The molecule has 0 aliphatic carbocycles. The monoisotopic (exact) mass is 242 g/mol. The molecule has 1 aliphatic heterocycles. The minimum atomic E-state index is -0.674. The summed E-state index contributed by atoms with van der Waals surface area (Å²) < 4.78 is 13.6. The molecule has 86 valence electrons. The Bertz CT molecular complexity index is 404. The van der Waals surface area contributed by atoms with Gasteiger partial charge in [0.05, 0.1) is 0 Å². The van der Waals surface area contributed by atoms with Crippen LogP contribution in [-0.2, 0) is 4.79 Å². The van der Waals surface area contributed by atoms with Crippen LogP contribution in [0.15, 0.2) is 18.2 Å². The Kier molecular flexibility index (Phi) is 3.12. The summed E-state index contributed by atoms with van der Waals surface area (Å²) >= 11 is 5.93. The van der Waals surface area contributed by atoms with E-state index in [1.807, 2.05) is 0 Å². The molecule has 16 heavy (non-hydrogen) atoms. The van der Waals surface area contributed by atoms with E-state index in [9.17, 15) is 9.18 Å². The Morgan fingerprint density at radius 1 is 1.56 bits per heavy atom. The van der Waals surface area contributed by atoms with Crippen LogP contribution in [0.4, 0.5) is 4.39 Å². The minimum Gasteiger partial charge on any atom is -0.343 e. The van der Waals surface area contributed by atoms with Crippen molar-refractivity contribution in [2.75, 3.05) is 20.1 Å². The van der Waals surface area contributed by atoms with E-state index in [1.165, 1.54) is 12.1 Å². The topological polar surface area (TPSA) is 32.3 Å². The van der Waals surface area contributed by atoms with Crippen LogP contribution < -0.4 is 5.32 Å². The van der Waals surface area contributed by atoms with Crippen molar-refractivity contribution in [1.29, 1.82) is 0 Å². The van der Waals surface area contributed by atoms with Crippen molar-refractivity contribution in [3.8, 4) is 0 Å². The van der Waals surface area contributed by atoms with Gasteiger partial charge in [-0.15, -0.1) is 0 Å². The van der Waals surface area contributed by atoms with Gasteiger partial charge in [-0.3, -0.25) is 4.79 Å². The molecule has 1 aliphatic rings. The molecular formula is C11H12ClFN2O. The number of amides is 1. The average Bonchev–Trinajstić information content (AvgIpc) is 2.24.